The molecular weight excluding hydrogens is 453 g/mol. The molecule has 0 unspecified atom stereocenters. The number of piperidine rings is 1. The van der Waals surface area contributed by atoms with E-state index in [0.717, 1.165) is 37.1 Å². The van der Waals surface area contributed by atoms with Crippen LogP contribution in [-0.2, 0) is 6.54 Å². The van der Waals surface area contributed by atoms with E-state index < -0.39 is 0 Å². The van der Waals surface area contributed by atoms with Gasteiger partial charge in [0.25, 0.3) is 5.56 Å². The zero-order valence-corrected chi connectivity index (χ0v) is 21.1. The van der Waals surface area contributed by atoms with E-state index in [4.69, 9.17) is 9.72 Å². The first-order chi connectivity index (χ1) is 17.4. The predicted molar refractivity (Wildman–Crippen MR) is 142 cm³/mol. The maximum Gasteiger partial charge on any atom is 0.261 e. The molecule has 1 aliphatic heterocycles. The Hall–Kier alpha value is -3.51. The molecule has 5 rings (SSSR count). The first-order valence-corrected chi connectivity index (χ1v) is 12.7. The van der Waals surface area contributed by atoms with Gasteiger partial charge in [-0.15, -0.1) is 0 Å². The van der Waals surface area contributed by atoms with Crippen molar-refractivity contribution in [2.45, 2.75) is 46.2 Å². The molecule has 2 heterocycles. The minimum Gasteiger partial charge on any atom is -0.457 e. The number of rotatable bonds is 6. The highest BCUT2D eigenvalue weighted by atomic mass is 19.1. The molecule has 6 heteroatoms. The largest absolute Gasteiger partial charge is 0.457 e. The lowest BCUT2D eigenvalue weighted by molar-refractivity contribution is 0.130. The Kier molecular flexibility index (Phi) is 6.88. The minimum absolute atomic E-state index is 0.0653. The standard InChI is InChI=1S/C30H32FN3O2/c1-20(2)33-16-6-8-22(18-33)19-34-29(26-9-5-4-7-21(26)3)32-28-15-14-25(17-27(28)30(34)35)36-24-12-10-23(31)11-13-24/h4-5,7,9-15,17,20,22H,6,8,16,18-19H2,1-3H3/t22-/m0/s1. The molecule has 186 valence electrons. The molecule has 0 amide bonds. The number of halogens is 1. The van der Waals surface area contributed by atoms with Crippen LogP contribution < -0.4 is 10.3 Å². The number of ether oxygens (including phenoxy) is 1. The third-order valence-corrected chi connectivity index (χ3v) is 7.08. The number of likely N-dealkylation sites (tertiary alicyclic amines) is 1. The van der Waals surface area contributed by atoms with Gasteiger partial charge in [-0.05, 0) is 94.1 Å². The molecule has 0 spiro atoms. The van der Waals surface area contributed by atoms with Gasteiger partial charge in [-0.25, -0.2) is 9.37 Å². The van der Waals surface area contributed by atoms with Gasteiger partial charge >= 0.3 is 0 Å². The van der Waals surface area contributed by atoms with Crippen LogP contribution in [0.1, 0.15) is 32.3 Å². The Morgan fingerprint density at radius 2 is 1.81 bits per heavy atom. The van der Waals surface area contributed by atoms with Gasteiger partial charge in [0.05, 0.1) is 10.9 Å². The molecule has 1 saturated heterocycles. The monoisotopic (exact) mass is 485 g/mol. The van der Waals surface area contributed by atoms with Gasteiger partial charge in [0.15, 0.2) is 0 Å². The number of aryl methyl sites for hydroxylation is 1. The van der Waals surface area contributed by atoms with Crippen molar-refractivity contribution in [3.8, 4) is 22.9 Å². The van der Waals surface area contributed by atoms with Crippen molar-refractivity contribution in [1.82, 2.24) is 14.5 Å². The molecule has 1 atom stereocenters. The summed E-state index contributed by atoms with van der Waals surface area (Å²) in [7, 11) is 0. The van der Waals surface area contributed by atoms with E-state index in [1.54, 1.807) is 24.3 Å². The number of hydrogen-bond acceptors (Lipinski definition) is 4. The lowest BCUT2D eigenvalue weighted by Crippen LogP contribution is -2.42. The van der Waals surface area contributed by atoms with Crippen LogP contribution in [0.5, 0.6) is 11.5 Å². The Labute approximate surface area is 211 Å². The van der Waals surface area contributed by atoms with E-state index in [0.29, 0.717) is 46.7 Å². The van der Waals surface area contributed by atoms with Crippen LogP contribution in [0.2, 0.25) is 0 Å². The number of aromatic nitrogens is 2. The summed E-state index contributed by atoms with van der Waals surface area (Å²) < 4.78 is 21.1. The van der Waals surface area contributed by atoms with Gasteiger partial charge in [0.1, 0.15) is 23.1 Å². The molecule has 1 aromatic heterocycles. The zero-order chi connectivity index (χ0) is 25.2. The molecule has 0 N–H and O–H groups in total. The Balaban J connectivity index is 1.58. The number of fused-ring (bicyclic) bond motifs is 1. The fourth-order valence-electron chi connectivity index (χ4n) is 5.07. The molecule has 5 nitrogen and oxygen atoms in total. The van der Waals surface area contributed by atoms with Crippen LogP contribution in [0.4, 0.5) is 4.39 Å². The van der Waals surface area contributed by atoms with Crippen molar-refractivity contribution in [1.29, 1.82) is 0 Å². The molecule has 0 bridgehead atoms. The summed E-state index contributed by atoms with van der Waals surface area (Å²) in [5, 5.41) is 0.517. The number of benzene rings is 3. The fourth-order valence-corrected chi connectivity index (χ4v) is 5.07. The summed E-state index contributed by atoms with van der Waals surface area (Å²) in [6.45, 7) is 9.21. The van der Waals surface area contributed by atoms with E-state index in [2.05, 4.69) is 31.7 Å². The number of hydrogen-bond donors (Lipinski definition) is 0. The fraction of sp³-hybridized carbons (Fsp3) is 0.333. The first kappa shape index (κ1) is 24.2. The Bertz CT molecular complexity index is 1430. The molecule has 1 aliphatic rings. The second kappa shape index (κ2) is 10.2. The molecule has 0 saturated carbocycles. The van der Waals surface area contributed by atoms with Crippen molar-refractivity contribution in [2.24, 2.45) is 5.92 Å². The quantitative estimate of drug-likeness (QED) is 0.316. The van der Waals surface area contributed by atoms with E-state index in [-0.39, 0.29) is 11.4 Å². The Morgan fingerprint density at radius 3 is 2.56 bits per heavy atom. The van der Waals surface area contributed by atoms with Crippen molar-refractivity contribution >= 4 is 10.9 Å². The maximum absolute atomic E-state index is 14.0. The number of nitrogens with zero attached hydrogens (tertiary/aromatic N) is 3. The van der Waals surface area contributed by atoms with Gasteiger partial charge in [-0.2, -0.15) is 0 Å². The van der Waals surface area contributed by atoms with Crippen LogP contribution in [0.15, 0.2) is 71.5 Å². The Morgan fingerprint density at radius 1 is 1.06 bits per heavy atom. The first-order valence-electron chi connectivity index (χ1n) is 12.7. The van der Waals surface area contributed by atoms with Crippen LogP contribution in [0.25, 0.3) is 22.3 Å². The topological polar surface area (TPSA) is 47.4 Å². The van der Waals surface area contributed by atoms with Crippen molar-refractivity contribution in [3.63, 3.8) is 0 Å². The van der Waals surface area contributed by atoms with Gasteiger partial charge in [0.2, 0.25) is 0 Å². The minimum atomic E-state index is -0.324. The van der Waals surface area contributed by atoms with Gasteiger partial charge in [0, 0.05) is 24.7 Å². The van der Waals surface area contributed by atoms with Crippen molar-refractivity contribution in [2.75, 3.05) is 13.1 Å². The average Bonchev–Trinajstić information content (AvgIpc) is 2.88. The molecule has 1 fully saturated rings. The maximum atomic E-state index is 14.0. The highest BCUT2D eigenvalue weighted by Gasteiger charge is 2.24. The van der Waals surface area contributed by atoms with E-state index in [1.807, 2.05) is 28.8 Å². The highest BCUT2D eigenvalue weighted by molar-refractivity contribution is 5.81. The predicted octanol–water partition coefficient (Wildman–Crippen LogP) is 6.42. The summed E-state index contributed by atoms with van der Waals surface area (Å²) in [5.41, 5.74) is 2.62. The smallest absolute Gasteiger partial charge is 0.261 e. The lowest BCUT2D eigenvalue weighted by atomic mass is 9.96. The van der Waals surface area contributed by atoms with Gasteiger partial charge < -0.3 is 9.64 Å². The third kappa shape index (κ3) is 5.05. The third-order valence-electron chi connectivity index (χ3n) is 7.08. The van der Waals surface area contributed by atoms with Crippen molar-refractivity contribution < 1.29 is 9.13 Å². The summed E-state index contributed by atoms with van der Waals surface area (Å²) >= 11 is 0. The van der Waals surface area contributed by atoms with Crippen LogP contribution in [0, 0.1) is 18.7 Å². The lowest BCUT2D eigenvalue weighted by Gasteiger charge is -2.36. The van der Waals surface area contributed by atoms with Crippen molar-refractivity contribution in [3.05, 3.63) is 88.5 Å². The highest BCUT2D eigenvalue weighted by Crippen LogP contribution is 2.28. The molecular formula is C30H32FN3O2. The van der Waals surface area contributed by atoms with Crippen LogP contribution in [0.3, 0.4) is 0 Å². The molecule has 3 aromatic carbocycles. The average molecular weight is 486 g/mol. The van der Waals surface area contributed by atoms with Gasteiger partial charge in [-0.1, -0.05) is 24.3 Å². The normalized spacial score (nSPS) is 16.5. The van der Waals surface area contributed by atoms with E-state index in [9.17, 15) is 9.18 Å². The van der Waals surface area contributed by atoms with Crippen LogP contribution in [-0.4, -0.2) is 33.6 Å². The van der Waals surface area contributed by atoms with E-state index >= 15 is 0 Å². The summed E-state index contributed by atoms with van der Waals surface area (Å²) in [6, 6.07) is 19.8. The summed E-state index contributed by atoms with van der Waals surface area (Å²) in [4.78, 5) is 21.5. The van der Waals surface area contributed by atoms with Gasteiger partial charge in [-0.3, -0.25) is 9.36 Å². The summed E-state index contributed by atoms with van der Waals surface area (Å²) in [5.74, 6) is 1.79. The molecule has 0 radical (unpaired) electrons. The summed E-state index contributed by atoms with van der Waals surface area (Å²) in [6.07, 6.45) is 2.22. The van der Waals surface area contributed by atoms with Crippen LogP contribution >= 0.6 is 0 Å². The molecule has 0 aliphatic carbocycles. The SMILES string of the molecule is Cc1ccccc1-c1nc2ccc(Oc3ccc(F)cc3)cc2c(=O)n1C[C@H]1CCCN(C(C)C)C1. The molecule has 36 heavy (non-hydrogen) atoms. The zero-order valence-electron chi connectivity index (χ0n) is 21.1. The van der Waals surface area contributed by atoms with E-state index in [1.165, 1.54) is 12.1 Å². The second-order valence-corrected chi connectivity index (χ2v) is 10.00. The molecule has 4 aromatic rings. The second-order valence-electron chi connectivity index (χ2n) is 10.00.